The van der Waals surface area contributed by atoms with Crippen molar-refractivity contribution in [1.82, 2.24) is 0 Å². The minimum Gasteiger partial charge on any atom is -0.462 e. The predicted octanol–water partition coefficient (Wildman–Crippen LogP) is 8.15. The molecular weight excluding hydrogens is 556 g/mol. The summed E-state index contributed by atoms with van der Waals surface area (Å²) < 4.78 is 18.0. The van der Waals surface area contributed by atoms with Crippen LogP contribution in [0.3, 0.4) is 0 Å². The van der Waals surface area contributed by atoms with Crippen LogP contribution in [0.25, 0.3) is 0 Å². The number of hydrogen-bond donors (Lipinski definition) is 2. The Morgan fingerprint density at radius 2 is 1.16 bits per heavy atom. The molecule has 0 aromatic rings. The largest absolute Gasteiger partial charge is 0.462 e. The Kier molecular flexibility index (Phi) is 18.5. The van der Waals surface area contributed by atoms with Crippen molar-refractivity contribution in [2.24, 2.45) is 5.92 Å². The SMILES string of the molecule is CCCCCCCCCC[C@H](O)[C@H]1CC[C@H]([C@H]2CC[C@H]([C@H](O)CCCCCCCCCC[C@@H]3CC(CC(C)=O)C(=O)O3)O2)O1. The topological polar surface area (TPSA) is 102 Å². The van der Waals surface area contributed by atoms with E-state index in [0.29, 0.717) is 12.8 Å². The molecule has 3 fully saturated rings. The molecule has 0 spiro atoms. The van der Waals surface area contributed by atoms with Gasteiger partial charge in [0.1, 0.15) is 11.9 Å². The molecule has 0 aromatic carbocycles. The summed E-state index contributed by atoms with van der Waals surface area (Å²) in [5.74, 6) is -0.348. The molecule has 3 rings (SSSR count). The highest BCUT2D eigenvalue weighted by Crippen LogP contribution is 2.35. The normalized spacial score (nSPS) is 28.4. The second-order valence-corrected chi connectivity index (χ2v) is 14.3. The highest BCUT2D eigenvalue weighted by Gasteiger charge is 2.40. The standard InChI is InChI=1S/C37H66O7/c1-3-4-5-6-7-11-14-17-20-31(39)33-22-24-35(43-33)36-25-23-34(44-36)32(40)21-18-15-12-9-8-10-13-16-19-30-27-29(26-28(2)38)37(41)42-30/h29-36,39-40H,3-27H2,1-2H3/t29?,30-,31+,32-,33-,34-,35-,36-/m1/s1. The Morgan fingerprint density at radius 3 is 1.64 bits per heavy atom. The van der Waals surface area contributed by atoms with Gasteiger partial charge in [-0.15, -0.1) is 0 Å². The summed E-state index contributed by atoms with van der Waals surface area (Å²) in [6, 6.07) is 0. The van der Waals surface area contributed by atoms with Gasteiger partial charge in [-0.3, -0.25) is 4.79 Å². The van der Waals surface area contributed by atoms with Crippen LogP contribution in [-0.2, 0) is 23.8 Å². The van der Waals surface area contributed by atoms with Crippen molar-refractivity contribution in [3.8, 4) is 0 Å². The zero-order valence-electron chi connectivity index (χ0n) is 28.2. The maximum Gasteiger partial charge on any atom is 0.309 e. The van der Waals surface area contributed by atoms with E-state index in [1.54, 1.807) is 0 Å². The van der Waals surface area contributed by atoms with Gasteiger partial charge in [-0.25, -0.2) is 0 Å². The molecule has 3 aliphatic heterocycles. The Labute approximate surface area is 268 Å². The fourth-order valence-corrected chi connectivity index (χ4v) is 7.55. The highest BCUT2D eigenvalue weighted by molar-refractivity contribution is 5.83. The number of carbonyl (C=O) groups excluding carboxylic acids is 2. The Morgan fingerprint density at radius 1 is 0.705 bits per heavy atom. The van der Waals surface area contributed by atoms with Crippen LogP contribution in [0, 0.1) is 5.92 Å². The third kappa shape index (κ3) is 14.2. The van der Waals surface area contributed by atoms with Crippen molar-refractivity contribution >= 4 is 11.8 Å². The summed E-state index contributed by atoms with van der Waals surface area (Å²) in [5.41, 5.74) is 0. The molecule has 3 saturated heterocycles. The molecule has 0 bridgehead atoms. The Balaban J connectivity index is 1.13. The molecule has 3 heterocycles. The number of rotatable bonds is 25. The zero-order chi connectivity index (χ0) is 31.6. The number of ketones is 1. The van der Waals surface area contributed by atoms with Crippen LogP contribution in [0.4, 0.5) is 0 Å². The van der Waals surface area contributed by atoms with E-state index in [1.165, 1.54) is 77.6 Å². The first-order valence-corrected chi connectivity index (χ1v) is 18.7. The van der Waals surface area contributed by atoms with Gasteiger partial charge in [0.05, 0.1) is 42.5 Å². The summed E-state index contributed by atoms with van der Waals surface area (Å²) in [4.78, 5) is 23.1. The van der Waals surface area contributed by atoms with Crippen molar-refractivity contribution in [3.63, 3.8) is 0 Å². The number of unbranched alkanes of at least 4 members (excludes halogenated alkanes) is 14. The van der Waals surface area contributed by atoms with Crippen LogP contribution in [0.2, 0.25) is 0 Å². The second kappa shape index (κ2) is 21.7. The van der Waals surface area contributed by atoms with E-state index in [2.05, 4.69) is 6.92 Å². The van der Waals surface area contributed by atoms with Crippen LogP contribution in [0.5, 0.6) is 0 Å². The van der Waals surface area contributed by atoms with Crippen LogP contribution < -0.4 is 0 Å². The summed E-state index contributed by atoms with van der Waals surface area (Å²) in [5, 5.41) is 21.4. The van der Waals surface area contributed by atoms with Gasteiger partial charge in [-0.2, -0.15) is 0 Å². The maximum absolute atomic E-state index is 11.9. The third-order valence-corrected chi connectivity index (χ3v) is 10.3. The molecule has 256 valence electrons. The fraction of sp³-hybridized carbons (Fsp3) is 0.946. The zero-order valence-corrected chi connectivity index (χ0v) is 28.2. The minimum absolute atomic E-state index is 0.00211. The first kappa shape index (κ1) is 37.4. The lowest BCUT2D eigenvalue weighted by Crippen LogP contribution is -2.33. The molecule has 0 saturated carbocycles. The first-order valence-electron chi connectivity index (χ1n) is 18.7. The molecule has 2 N–H and O–H groups in total. The van der Waals surface area contributed by atoms with Gasteiger partial charge in [-0.05, 0) is 64.7 Å². The molecule has 44 heavy (non-hydrogen) atoms. The molecule has 0 amide bonds. The fourth-order valence-electron chi connectivity index (χ4n) is 7.55. The van der Waals surface area contributed by atoms with Gasteiger partial charge in [-0.1, -0.05) is 103 Å². The summed E-state index contributed by atoms with van der Waals surface area (Å²) >= 11 is 0. The number of ether oxygens (including phenoxy) is 3. The van der Waals surface area contributed by atoms with E-state index in [-0.39, 0.29) is 54.3 Å². The Bertz CT molecular complexity index is 788. The number of aliphatic hydroxyl groups is 2. The first-order chi connectivity index (χ1) is 21.4. The number of hydrogen-bond acceptors (Lipinski definition) is 7. The monoisotopic (exact) mass is 622 g/mol. The quantitative estimate of drug-likeness (QED) is 0.0782. The van der Waals surface area contributed by atoms with Gasteiger partial charge in [0.25, 0.3) is 0 Å². The lowest BCUT2D eigenvalue weighted by atomic mass is 9.96. The number of Topliss-reactive ketones (excluding diaryl/α,β-unsaturated/α-hetero) is 1. The molecule has 3 aliphatic rings. The van der Waals surface area contributed by atoms with Gasteiger partial charge in [0.15, 0.2) is 0 Å². The van der Waals surface area contributed by atoms with Crippen LogP contribution in [0.15, 0.2) is 0 Å². The van der Waals surface area contributed by atoms with Gasteiger partial charge in [0, 0.05) is 6.42 Å². The molecule has 8 atom stereocenters. The molecule has 7 heteroatoms. The smallest absolute Gasteiger partial charge is 0.309 e. The number of esters is 1. The van der Waals surface area contributed by atoms with Gasteiger partial charge in [0.2, 0.25) is 0 Å². The van der Waals surface area contributed by atoms with E-state index in [0.717, 1.165) is 77.0 Å². The lowest BCUT2D eigenvalue weighted by Gasteiger charge is -2.24. The maximum atomic E-state index is 11.9. The van der Waals surface area contributed by atoms with E-state index >= 15 is 0 Å². The van der Waals surface area contributed by atoms with E-state index in [1.807, 2.05) is 0 Å². The lowest BCUT2D eigenvalue weighted by molar-refractivity contribution is -0.145. The van der Waals surface area contributed by atoms with Gasteiger partial charge < -0.3 is 29.2 Å². The second-order valence-electron chi connectivity index (χ2n) is 14.3. The molecule has 7 nitrogen and oxygen atoms in total. The van der Waals surface area contributed by atoms with Crippen molar-refractivity contribution in [3.05, 3.63) is 0 Å². The van der Waals surface area contributed by atoms with E-state index < -0.39 is 6.10 Å². The Hall–Kier alpha value is -1.02. The van der Waals surface area contributed by atoms with Crippen LogP contribution in [0.1, 0.15) is 174 Å². The summed E-state index contributed by atoms with van der Waals surface area (Å²) in [6.45, 7) is 3.79. The van der Waals surface area contributed by atoms with Gasteiger partial charge >= 0.3 is 5.97 Å². The molecular formula is C37H66O7. The molecule has 1 unspecified atom stereocenters. The summed E-state index contributed by atoms with van der Waals surface area (Å²) in [7, 11) is 0. The average Bonchev–Trinajstić information content (AvgIpc) is 3.75. The van der Waals surface area contributed by atoms with Crippen molar-refractivity contribution in [2.45, 2.75) is 217 Å². The van der Waals surface area contributed by atoms with Crippen LogP contribution in [-0.4, -0.2) is 64.7 Å². The van der Waals surface area contributed by atoms with Crippen molar-refractivity contribution in [2.75, 3.05) is 0 Å². The number of cyclic esters (lactones) is 1. The molecule has 0 radical (unpaired) electrons. The average molecular weight is 623 g/mol. The highest BCUT2D eigenvalue weighted by atomic mass is 16.6. The minimum atomic E-state index is -0.399. The number of carbonyl (C=O) groups is 2. The molecule has 0 aliphatic carbocycles. The van der Waals surface area contributed by atoms with Crippen molar-refractivity contribution in [1.29, 1.82) is 0 Å². The van der Waals surface area contributed by atoms with Crippen LogP contribution >= 0.6 is 0 Å². The number of aliphatic hydroxyl groups excluding tert-OH is 2. The van der Waals surface area contributed by atoms with Crippen molar-refractivity contribution < 1.29 is 34.0 Å². The third-order valence-electron chi connectivity index (χ3n) is 10.3. The summed E-state index contributed by atoms with van der Waals surface area (Å²) in [6.07, 6.45) is 26.0. The van der Waals surface area contributed by atoms with E-state index in [9.17, 15) is 19.8 Å². The predicted molar refractivity (Wildman–Crippen MR) is 174 cm³/mol. The molecule has 0 aromatic heterocycles. The van der Waals surface area contributed by atoms with E-state index in [4.69, 9.17) is 14.2 Å².